The summed E-state index contributed by atoms with van der Waals surface area (Å²) in [5.74, 6) is 0.0865. The van der Waals surface area contributed by atoms with Crippen LogP contribution in [0.4, 0.5) is 0 Å². The molecule has 0 unspecified atom stereocenters. The summed E-state index contributed by atoms with van der Waals surface area (Å²) in [4.78, 5) is 10.7. The largest absolute Gasteiger partial charge is 0.396 e. The Morgan fingerprint density at radius 3 is 1.33 bits per heavy atom. The van der Waals surface area contributed by atoms with E-state index in [1.807, 2.05) is 0 Å². The van der Waals surface area contributed by atoms with E-state index in [9.17, 15) is 4.79 Å². The molecule has 1 amide bonds. The molecule has 0 aromatic heterocycles. The van der Waals surface area contributed by atoms with Crippen LogP contribution in [0.1, 0.15) is 96.8 Å². The normalized spacial score (nSPS) is 10.8. The average molecular weight is 299 g/mol. The third-order valence-corrected chi connectivity index (χ3v) is 3.96. The highest BCUT2D eigenvalue weighted by Crippen LogP contribution is 2.12. The van der Waals surface area contributed by atoms with Gasteiger partial charge in [-0.05, 0) is 12.8 Å². The summed E-state index contributed by atoms with van der Waals surface area (Å²) in [6.07, 6.45) is 18.1. The first-order valence-electron chi connectivity index (χ1n) is 9.12. The van der Waals surface area contributed by atoms with Crippen molar-refractivity contribution in [1.82, 2.24) is 5.32 Å². The Kier molecular flexibility index (Phi) is 17.0. The molecule has 0 aliphatic heterocycles. The second-order valence-corrected chi connectivity index (χ2v) is 6.16. The van der Waals surface area contributed by atoms with Gasteiger partial charge in [0.25, 0.3) is 0 Å². The van der Waals surface area contributed by atoms with E-state index < -0.39 is 0 Å². The maximum atomic E-state index is 10.7. The maximum Gasteiger partial charge on any atom is 0.216 e. The Morgan fingerprint density at radius 1 is 0.667 bits per heavy atom. The van der Waals surface area contributed by atoms with Crippen LogP contribution in [0.25, 0.3) is 0 Å². The maximum absolute atomic E-state index is 10.7. The molecule has 3 nitrogen and oxygen atoms in total. The molecule has 126 valence electrons. The minimum Gasteiger partial charge on any atom is -0.396 e. The summed E-state index contributed by atoms with van der Waals surface area (Å²) in [7, 11) is 0. The van der Waals surface area contributed by atoms with Crippen LogP contribution in [0.15, 0.2) is 0 Å². The van der Waals surface area contributed by atoms with Crippen LogP contribution in [0.5, 0.6) is 0 Å². The molecular formula is C18H37NO2. The van der Waals surface area contributed by atoms with Gasteiger partial charge in [0.15, 0.2) is 0 Å². The van der Waals surface area contributed by atoms with Crippen molar-refractivity contribution in [2.75, 3.05) is 13.2 Å². The quantitative estimate of drug-likeness (QED) is 0.410. The van der Waals surface area contributed by atoms with Crippen LogP contribution in [-0.2, 0) is 4.79 Å². The molecule has 0 atom stereocenters. The lowest BCUT2D eigenvalue weighted by Crippen LogP contribution is -2.20. The molecule has 3 heteroatoms. The highest BCUT2D eigenvalue weighted by Gasteiger charge is 1.95. The van der Waals surface area contributed by atoms with Gasteiger partial charge < -0.3 is 10.4 Å². The van der Waals surface area contributed by atoms with Gasteiger partial charge in [0.05, 0.1) is 0 Å². The molecule has 0 spiro atoms. The Morgan fingerprint density at radius 2 is 1.00 bits per heavy atom. The van der Waals surface area contributed by atoms with Gasteiger partial charge in [0.2, 0.25) is 5.91 Å². The monoisotopic (exact) mass is 299 g/mol. The summed E-state index contributed by atoms with van der Waals surface area (Å²) in [5.41, 5.74) is 0. The van der Waals surface area contributed by atoms with E-state index in [0.29, 0.717) is 6.61 Å². The van der Waals surface area contributed by atoms with Gasteiger partial charge in [-0.1, -0.05) is 77.0 Å². The molecule has 0 aromatic carbocycles. The van der Waals surface area contributed by atoms with E-state index in [2.05, 4.69) is 5.32 Å². The van der Waals surface area contributed by atoms with Crippen LogP contribution in [-0.4, -0.2) is 24.2 Å². The van der Waals surface area contributed by atoms with E-state index in [0.717, 1.165) is 19.4 Å². The fraction of sp³-hybridized carbons (Fsp3) is 0.944. The Hall–Kier alpha value is -0.570. The Balaban J connectivity index is 2.95. The molecule has 0 saturated heterocycles. The SMILES string of the molecule is CC(=O)NCCCCCCCCCCCCCCCCO. The van der Waals surface area contributed by atoms with Gasteiger partial charge in [0.1, 0.15) is 0 Å². The van der Waals surface area contributed by atoms with Gasteiger partial charge in [-0.3, -0.25) is 4.79 Å². The number of nitrogens with one attached hydrogen (secondary N) is 1. The topological polar surface area (TPSA) is 49.3 Å². The van der Waals surface area contributed by atoms with Crippen LogP contribution in [0, 0.1) is 0 Å². The van der Waals surface area contributed by atoms with Crippen LogP contribution < -0.4 is 5.32 Å². The van der Waals surface area contributed by atoms with Crippen LogP contribution in [0.3, 0.4) is 0 Å². The molecule has 0 bridgehead atoms. The number of hydrogen-bond acceptors (Lipinski definition) is 2. The number of carbonyl (C=O) groups is 1. The summed E-state index contributed by atoms with van der Waals surface area (Å²) in [6, 6.07) is 0. The first kappa shape index (κ1) is 20.4. The molecule has 0 aromatic rings. The molecule has 2 N–H and O–H groups in total. The molecule has 0 aliphatic carbocycles. The zero-order valence-corrected chi connectivity index (χ0v) is 14.2. The van der Waals surface area contributed by atoms with Gasteiger partial charge in [-0.2, -0.15) is 0 Å². The van der Waals surface area contributed by atoms with E-state index in [1.165, 1.54) is 77.0 Å². The highest BCUT2D eigenvalue weighted by atomic mass is 16.2. The second kappa shape index (κ2) is 17.5. The summed E-state index contributed by atoms with van der Waals surface area (Å²) in [6.45, 7) is 2.77. The molecule has 0 fully saturated rings. The zero-order chi connectivity index (χ0) is 15.6. The van der Waals surface area contributed by atoms with Gasteiger partial charge in [0, 0.05) is 20.1 Å². The lowest BCUT2D eigenvalue weighted by Gasteiger charge is -2.04. The number of carbonyl (C=O) groups excluding carboxylic acids is 1. The van der Waals surface area contributed by atoms with Gasteiger partial charge in [-0.25, -0.2) is 0 Å². The minimum absolute atomic E-state index is 0.0865. The summed E-state index contributed by atoms with van der Waals surface area (Å²) in [5, 5.41) is 11.5. The first-order chi connectivity index (χ1) is 10.3. The molecule has 0 radical (unpaired) electrons. The molecule has 0 saturated carbocycles. The number of aliphatic hydroxyl groups excluding tert-OH is 1. The smallest absolute Gasteiger partial charge is 0.216 e. The Bertz CT molecular complexity index is 219. The fourth-order valence-corrected chi connectivity index (χ4v) is 2.62. The van der Waals surface area contributed by atoms with Crippen molar-refractivity contribution in [2.45, 2.75) is 96.8 Å². The van der Waals surface area contributed by atoms with E-state index >= 15 is 0 Å². The number of rotatable bonds is 16. The van der Waals surface area contributed by atoms with Crippen molar-refractivity contribution >= 4 is 5.91 Å². The molecular weight excluding hydrogens is 262 g/mol. The van der Waals surface area contributed by atoms with E-state index in [-0.39, 0.29) is 5.91 Å². The second-order valence-electron chi connectivity index (χ2n) is 6.16. The van der Waals surface area contributed by atoms with Crippen molar-refractivity contribution < 1.29 is 9.90 Å². The predicted molar refractivity (Wildman–Crippen MR) is 90.4 cm³/mol. The molecule has 0 rings (SSSR count). The van der Waals surface area contributed by atoms with Crippen LogP contribution in [0.2, 0.25) is 0 Å². The number of hydrogen-bond donors (Lipinski definition) is 2. The molecule has 0 heterocycles. The average Bonchev–Trinajstić information content (AvgIpc) is 2.46. The zero-order valence-electron chi connectivity index (χ0n) is 14.2. The highest BCUT2D eigenvalue weighted by molar-refractivity contribution is 5.72. The minimum atomic E-state index is 0.0865. The van der Waals surface area contributed by atoms with Gasteiger partial charge >= 0.3 is 0 Å². The summed E-state index contributed by atoms with van der Waals surface area (Å²) >= 11 is 0. The van der Waals surface area contributed by atoms with Gasteiger partial charge in [-0.15, -0.1) is 0 Å². The number of unbranched alkanes of at least 4 members (excludes halogenated alkanes) is 13. The van der Waals surface area contributed by atoms with E-state index in [1.54, 1.807) is 6.92 Å². The third kappa shape index (κ3) is 19.4. The third-order valence-electron chi connectivity index (χ3n) is 3.96. The predicted octanol–water partition coefficient (Wildman–Crippen LogP) is 4.58. The standard InChI is InChI=1S/C18H37NO2/c1-18(21)19-16-14-12-10-8-6-4-2-3-5-7-9-11-13-15-17-20/h20H,2-17H2,1H3,(H,19,21). The van der Waals surface area contributed by atoms with Crippen molar-refractivity contribution in [3.05, 3.63) is 0 Å². The van der Waals surface area contributed by atoms with E-state index in [4.69, 9.17) is 5.11 Å². The van der Waals surface area contributed by atoms with Crippen molar-refractivity contribution in [3.63, 3.8) is 0 Å². The summed E-state index contributed by atoms with van der Waals surface area (Å²) < 4.78 is 0. The first-order valence-corrected chi connectivity index (χ1v) is 9.12. The lowest BCUT2D eigenvalue weighted by molar-refractivity contribution is -0.118. The number of amides is 1. The molecule has 0 aliphatic rings. The fourth-order valence-electron chi connectivity index (χ4n) is 2.62. The van der Waals surface area contributed by atoms with Crippen molar-refractivity contribution in [3.8, 4) is 0 Å². The van der Waals surface area contributed by atoms with Crippen LogP contribution >= 0.6 is 0 Å². The van der Waals surface area contributed by atoms with Crippen molar-refractivity contribution in [2.24, 2.45) is 0 Å². The molecule has 21 heavy (non-hydrogen) atoms. The lowest BCUT2D eigenvalue weighted by atomic mass is 10.0. The Labute approximate surface area is 131 Å². The van der Waals surface area contributed by atoms with Crippen molar-refractivity contribution in [1.29, 1.82) is 0 Å². The number of aliphatic hydroxyl groups is 1.